The zero-order chi connectivity index (χ0) is 21.4. The third kappa shape index (κ3) is 8.32. The number of aliphatic hydroxyl groups is 1. The number of rotatable bonds is 8. The Bertz CT molecular complexity index is 803. The van der Waals surface area contributed by atoms with Crippen LogP contribution in [0.25, 0.3) is 0 Å². The third-order valence-corrected chi connectivity index (χ3v) is 6.42. The molecule has 1 unspecified atom stereocenters. The first-order chi connectivity index (χ1) is 14.5. The molecule has 0 bridgehead atoms. The lowest BCUT2D eigenvalue weighted by Crippen LogP contribution is -2.43. The lowest BCUT2D eigenvalue weighted by Gasteiger charge is -2.32. The third-order valence-electron chi connectivity index (χ3n) is 5.60. The van der Waals surface area contributed by atoms with E-state index in [1.165, 1.54) is 18.5 Å². The normalized spacial score (nSPS) is 17.6. The topological polar surface area (TPSA) is 72.8 Å². The van der Waals surface area contributed by atoms with E-state index >= 15 is 0 Å². The minimum atomic E-state index is -0.983. The summed E-state index contributed by atoms with van der Waals surface area (Å²) in [5.41, 5.74) is 1.09. The van der Waals surface area contributed by atoms with Crippen LogP contribution >= 0.6 is 35.3 Å². The number of halogens is 1. The van der Waals surface area contributed by atoms with Crippen molar-refractivity contribution in [1.29, 1.82) is 0 Å². The van der Waals surface area contributed by atoms with Crippen LogP contribution in [-0.4, -0.2) is 53.7 Å². The lowest BCUT2D eigenvalue weighted by molar-refractivity contribution is 0.0672. The van der Waals surface area contributed by atoms with E-state index in [-0.39, 0.29) is 24.0 Å². The van der Waals surface area contributed by atoms with Crippen molar-refractivity contribution in [2.24, 2.45) is 10.9 Å². The maximum atomic E-state index is 10.8. The highest BCUT2D eigenvalue weighted by Crippen LogP contribution is 2.21. The number of nitrogens with zero attached hydrogens (tertiary/aromatic N) is 3. The Kier molecular flexibility index (Phi) is 10.7. The van der Waals surface area contributed by atoms with Crippen LogP contribution in [-0.2, 0) is 12.1 Å². The molecule has 1 aliphatic rings. The molecule has 6 nitrogen and oxygen atoms in total. The molecule has 2 aromatic rings. The lowest BCUT2D eigenvalue weighted by atomic mass is 9.96. The van der Waals surface area contributed by atoms with E-state index in [1.807, 2.05) is 37.3 Å². The van der Waals surface area contributed by atoms with Gasteiger partial charge in [0.25, 0.3) is 0 Å². The van der Waals surface area contributed by atoms with E-state index in [9.17, 15) is 5.11 Å². The average Bonchev–Trinajstić information content (AvgIpc) is 3.16. The summed E-state index contributed by atoms with van der Waals surface area (Å²) in [4.78, 5) is 11.7. The Morgan fingerprint density at radius 2 is 1.97 bits per heavy atom. The highest BCUT2D eigenvalue weighted by molar-refractivity contribution is 14.0. The molecule has 1 saturated heterocycles. The number of thiazole rings is 1. The molecule has 0 saturated carbocycles. The first-order valence-corrected chi connectivity index (χ1v) is 11.8. The van der Waals surface area contributed by atoms with E-state index in [4.69, 9.17) is 0 Å². The number of guanidine groups is 1. The fourth-order valence-corrected chi connectivity index (χ4v) is 4.37. The number of piperidine rings is 1. The van der Waals surface area contributed by atoms with Gasteiger partial charge in [-0.25, -0.2) is 9.98 Å². The molecule has 172 valence electrons. The van der Waals surface area contributed by atoms with Crippen molar-refractivity contribution < 1.29 is 5.11 Å². The molecule has 1 aromatic heterocycles. The molecule has 1 fully saturated rings. The standard InChI is InChI=1S/C23H35N5OS.HI/c1-4-24-22(26-17-23(3,29)20-8-6-5-7-9-20)25-14-19-10-12-28(13-11-19)15-21-16-30-18(2)27-21;/h5-9,16,19,29H,4,10-15,17H2,1-3H3,(H2,24,25,26);1H. The van der Waals surface area contributed by atoms with Crippen LogP contribution in [0.3, 0.4) is 0 Å². The average molecular weight is 558 g/mol. The summed E-state index contributed by atoms with van der Waals surface area (Å²) in [6.07, 6.45) is 2.36. The van der Waals surface area contributed by atoms with Crippen molar-refractivity contribution in [2.75, 3.05) is 32.7 Å². The first kappa shape index (κ1) is 26.0. The van der Waals surface area contributed by atoms with E-state index in [0.717, 1.165) is 49.3 Å². The van der Waals surface area contributed by atoms with Crippen LogP contribution < -0.4 is 10.6 Å². The van der Waals surface area contributed by atoms with Gasteiger partial charge in [-0.2, -0.15) is 0 Å². The predicted molar refractivity (Wildman–Crippen MR) is 140 cm³/mol. The van der Waals surface area contributed by atoms with Gasteiger partial charge < -0.3 is 15.7 Å². The van der Waals surface area contributed by atoms with E-state index in [2.05, 4.69) is 44.7 Å². The van der Waals surface area contributed by atoms with Gasteiger partial charge in [-0.05, 0) is 58.2 Å². The summed E-state index contributed by atoms with van der Waals surface area (Å²) < 4.78 is 0. The molecule has 0 aliphatic carbocycles. The molecule has 0 amide bonds. The first-order valence-electron chi connectivity index (χ1n) is 10.9. The van der Waals surface area contributed by atoms with Gasteiger partial charge in [0.05, 0.1) is 17.2 Å². The van der Waals surface area contributed by atoms with E-state index in [0.29, 0.717) is 12.5 Å². The number of hydrogen-bond acceptors (Lipinski definition) is 5. The quantitative estimate of drug-likeness (QED) is 0.262. The summed E-state index contributed by atoms with van der Waals surface area (Å²) in [6, 6.07) is 9.72. The Morgan fingerprint density at radius 1 is 1.26 bits per heavy atom. The maximum Gasteiger partial charge on any atom is 0.191 e. The van der Waals surface area contributed by atoms with E-state index < -0.39 is 5.60 Å². The number of benzene rings is 1. The fourth-order valence-electron chi connectivity index (χ4n) is 3.76. The minimum absolute atomic E-state index is 0. The second-order valence-electron chi connectivity index (χ2n) is 8.29. The van der Waals surface area contributed by atoms with Crippen molar-refractivity contribution in [3.63, 3.8) is 0 Å². The Morgan fingerprint density at radius 3 is 2.58 bits per heavy atom. The van der Waals surface area contributed by atoms with Gasteiger partial charge in [-0.1, -0.05) is 30.3 Å². The molecule has 3 N–H and O–H groups in total. The second-order valence-corrected chi connectivity index (χ2v) is 9.36. The van der Waals surface area contributed by atoms with Crippen molar-refractivity contribution in [3.8, 4) is 0 Å². The number of aliphatic imine (C=N–C) groups is 1. The zero-order valence-electron chi connectivity index (χ0n) is 18.8. The smallest absolute Gasteiger partial charge is 0.191 e. The SMILES string of the molecule is CCNC(=NCC(C)(O)c1ccccc1)NCC1CCN(Cc2csc(C)n2)CC1.I. The fraction of sp³-hybridized carbons (Fsp3) is 0.565. The summed E-state index contributed by atoms with van der Waals surface area (Å²) in [7, 11) is 0. The largest absolute Gasteiger partial charge is 0.384 e. The van der Waals surface area contributed by atoms with Gasteiger partial charge in [0.1, 0.15) is 5.60 Å². The molecule has 8 heteroatoms. The van der Waals surface area contributed by atoms with Gasteiger partial charge in [-0.3, -0.25) is 4.90 Å². The molecule has 3 rings (SSSR count). The second kappa shape index (κ2) is 12.7. The van der Waals surface area contributed by atoms with Crippen LogP contribution in [0.4, 0.5) is 0 Å². The molecule has 0 spiro atoms. The highest BCUT2D eigenvalue weighted by atomic mass is 127. The number of nitrogens with one attached hydrogen (secondary N) is 2. The number of hydrogen-bond donors (Lipinski definition) is 3. The van der Waals surface area contributed by atoms with Crippen molar-refractivity contribution in [1.82, 2.24) is 20.5 Å². The van der Waals surface area contributed by atoms with Crippen LogP contribution in [0.1, 0.15) is 43.0 Å². The Balaban J connectivity index is 0.00000341. The van der Waals surface area contributed by atoms with Crippen molar-refractivity contribution >= 4 is 41.3 Å². The van der Waals surface area contributed by atoms with Gasteiger partial charge in [0, 0.05) is 25.0 Å². The number of aromatic nitrogens is 1. The molecule has 0 radical (unpaired) electrons. The van der Waals surface area contributed by atoms with Crippen LogP contribution in [0.15, 0.2) is 40.7 Å². The predicted octanol–water partition coefficient (Wildman–Crippen LogP) is 3.74. The Hall–Kier alpha value is -1.23. The molecule has 1 aliphatic heterocycles. The summed E-state index contributed by atoms with van der Waals surface area (Å²) >= 11 is 1.73. The molecular formula is C23H36IN5OS. The molecule has 1 atom stereocenters. The highest BCUT2D eigenvalue weighted by Gasteiger charge is 2.23. The Labute approximate surface area is 207 Å². The van der Waals surface area contributed by atoms with Crippen LogP contribution in [0.2, 0.25) is 0 Å². The van der Waals surface area contributed by atoms with Crippen LogP contribution in [0, 0.1) is 12.8 Å². The van der Waals surface area contributed by atoms with E-state index in [1.54, 1.807) is 11.3 Å². The van der Waals surface area contributed by atoms with Gasteiger partial charge in [0.2, 0.25) is 0 Å². The molecule has 1 aromatic carbocycles. The molecule has 31 heavy (non-hydrogen) atoms. The van der Waals surface area contributed by atoms with Crippen molar-refractivity contribution in [2.45, 2.75) is 45.8 Å². The van der Waals surface area contributed by atoms with Crippen molar-refractivity contribution in [3.05, 3.63) is 52.0 Å². The van der Waals surface area contributed by atoms with Crippen LogP contribution in [0.5, 0.6) is 0 Å². The molecular weight excluding hydrogens is 521 g/mol. The van der Waals surface area contributed by atoms with Gasteiger partial charge >= 0.3 is 0 Å². The van der Waals surface area contributed by atoms with Gasteiger partial charge in [0.15, 0.2) is 5.96 Å². The van der Waals surface area contributed by atoms with Gasteiger partial charge in [-0.15, -0.1) is 35.3 Å². The maximum absolute atomic E-state index is 10.8. The zero-order valence-corrected chi connectivity index (χ0v) is 22.0. The minimum Gasteiger partial charge on any atom is -0.384 e. The summed E-state index contributed by atoms with van der Waals surface area (Å²) in [5.74, 6) is 1.41. The monoisotopic (exact) mass is 557 g/mol. The summed E-state index contributed by atoms with van der Waals surface area (Å²) in [6.45, 7) is 11.1. The number of likely N-dealkylation sites (tertiary alicyclic amines) is 1. The summed E-state index contributed by atoms with van der Waals surface area (Å²) in [5, 5.41) is 20.9. The molecule has 2 heterocycles. The number of aryl methyl sites for hydroxylation is 1.